The molecule has 0 bridgehead atoms. The van der Waals surface area contributed by atoms with E-state index < -0.39 is 30.2 Å². The Kier molecular flexibility index (Phi) is 5.22. The molecule has 0 saturated heterocycles. The lowest BCUT2D eigenvalue weighted by molar-refractivity contribution is -0.143. The van der Waals surface area contributed by atoms with Gasteiger partial charge in [-0.05, 0) is 13.8 Å². The molecule has 0 heterocycles. The van der Waals surface area contributed by atoms with E-state index in [-0.39, 0.29) is 5.71 Å². The zero-order valence-electron chi connectivity index (χ0n) is 8.81. The average Bonchev–Trinajstić information content (AvgIpc) is 2.15. The zero-order chi connectivity index (χ0) is 12.0. The number of nitrogens with zero attached hydrogens (tertiary/aromatic N) is 1. The van der Waals surface area contributed by atoms with E-state index in [1.807, 2.05) is 0 Å². The molecular weight excluding hydrogens is 202 g/mol. The number of carboxylic acids is 1. The van der Waals surface area contributed by atoms with Gasteiger partial charge in [0.15, 0.2) is 0 Å². The summed E-state index contributed by atoms with van der Waals surface area (Å²) in [5.74, 6) is -3.30. The minimum Gasteiger partial charge on any atom is -0.481 e. The Labute approximate surface area is 86.9 Å². The van der Waals surface area contributed by atoms with E-state index in [0.717, 1.165) is 7.11 Å². The van der Waals surface area contributed by atoms with Crippen LogP contribution in [0.2, 0.25) is 0 Å². The maximum absolute atomic E-state index is 11.1. The SMILES string of the molecule is COC(=O)CC(=O)N=C(C)C(C)C(=O)O. The lowest BCUT2D eigenvalue weighted by atomic mass is 10.1. The fourth-order valence-electron chi connectivity index (χ4n) is 0.707. The van der Waals surface area contributed by atoms with Crippen LogP contribution in [-0.2, 0) is 19.1 Å². The minimum atomic E-state index is -1.07. The van der Waals surface area contributed by atoms with Gasteiger partial charge < -0.3 is 9.84 Å². The van der Waals surface area contributed by atoms with Crippen LogP contribution in [0.5, 0.6) is 0 Å². The molecular formula is C9H13NO5. The highest BCUT2D eigenvalue weighted by Gasteiger charge is 2.16. The largest absolute Gasteiger partial charge is 0.481 e. The second-order valence-electron chi connectivity index (χ2n) is 2.96. The lowest BCUT2D eigenvalue weighted by Gasteiger charge is -2.04. The Morgan fingerprint density at radius 3 is 2.33 bits per heavy atom. The first kappa shape index (κ1) is 13.3. The molecule has 0 aromatic rings. The van der Waals surface area contributed by atoms with E-state index in [2.05, 4.69) is 9.73 Å². The monoisotopic (exact) mass is 215 g/mol. The fraction of sp³-hybridized carbons (Fsp3) is 0.556. The molecule has 1 unspecified atom stereocenters. The Balaban J connectivity index is 4.42. The van der Waals surface area contributed by atoms with Crippen LogP contribution in [0.15, 0.2) is 4.99 Å². The van der Waals surface area contributed by atoms with Crippen molar-refractivity contribution < 1.29 is 24.2 Å². The molecule has 1 amide bonds. The predicted octanol–water partition coefficient (Wildman–Crippen LogP) is 0.258. The number of aliphatic imine (C=N–C) groups is 1. The normalized spacial score (nSPS) is 13.1. The fourth-order valence-corrected chi connectivity index (χ4v) is 0.707. The van der Waals surface area contributed by atoms with Crippen molar-refractivity contribution in [2.45, 2.75) is 20.3 Å². The van der Waals surface area contributed by atoms with Crippen LogP contribution < -0.4 is 0 Å². The molecule has 84 valence electrons. The summed E-state index contributed by atoms with van der Waals surface area (Å²) in [7, 11) is 1.16. The summed E-state index contributed by atoms with van der Waals surface area (Å²) in [4.78, 5) is 35.7. The number of amides is 1. The molecule has 0 radical (unpaired) electrons. The Morgan fingerprint density at radius 2 is 1.93 bits per heavy atom. The molecule has 1 atom stereocenters. The summed E-state index contributed by atoms with van der Waals surface area (Å²) in [6, 6.07) is 0. The number of aliphatic carboxylic acids is 1. The highest BCUT2D eigenvalue weighted by atomic mass is 16.5. The van der Waals surface area contributed by atoms with E-state index in [1.54, 1.807) is 0 Å². The first-order valence-corrected chi connectivity index (χ1v) is 4.26. The number of methoxy groups -OCH3 is 1. The molecule has 0 aliphatic heterocycles. The number of ether oxygens (including phenoxy) is 1. The van der Waals surface area contributed by atoms with Crippen LogP contribution in [0.3, 0.4) is 0 Å². The molecule has 0 saturated carbocycles. The van der Waals surface area contributed by atoms with Crippen LogP contribution in [-0.4, -0.2) is 35.8 Å². The molecule has 6 heteroatoms. The quantitative estimate of drug-likeness (QED) is 0.412. The van der Waals surface area contributed by atoms with Crippen molar-refractivity contribution in [1.29, 1.82) is 0 Å². The second kappa shape index (κ2) is 5.90. The molecule has 6 nitrogen and oxygen atoms in total. The summed E-state index contributed by atoms with van der Waals surface area (Å²) in [5, 5.41) is 8.61. The van der Waals surface area contributed by atoms with Crippen LogP contribution >= 0.6 is 0 Å². The molecule has 1 N–H and O–H groups in total. The van der Waals surface area contributed by atoms with Gasteiger partial charge in [-0.1, -0.05) is 0 Å². The van der Waals surface area contributed by atoms with Gasteiger partial charge in [0, 0.05) is 5.71 Å². The van der Waals surface area contributed by atoms with Crippen LogP contribution in [0.1, 0.15) is 20.3 Å². The first-order chi connectivity index (χ1) is 6.88. The van der Waals surface area contributed by atoms with Crippen LogP contribution in [0.25, 0.3) is 0 Å². The van der Waals surface area contributed by atoms with Crippen molar-refractivity contribution in [1.82, 2.24) is 0 Å². The van der Waals surface area contributed by atoms with Gasteiger partial charge in [-0.3, -0.25) is 14.4 Å². The summed E-state index contributed by atoms with van der Waals surface area (Å²) in [5.41, 5.74) is 0.163. The summed E-state index contributed by atoms with van der Waals surface area (Å²) in [6.45, 7) is 2.83. The van der Waals surface area contributed by atoms with Crippen molar-refractivity contribution >= 4 is 23.6 Å². The molecule has 0 rings (SSSR count). The van der Waals surface area contributed by atoms with E-state index in [0.29, 0.717) is 0 Å². The first-order valence-electron chi connectivity index (χ1n) is 4.26. The second-order valence-corrected chi connectivity index (χ2v) is 2.96. The van der Waals surface area contributed by atoms with Crippen molar-refractivity contribution in [3.63, 3.8) is 0 Å². The van der Waals surface area contributed by atoms with E-state index >= 15 is 0 Å². The molecule has 0 aliphatic rings. The predicted molar refractivity (Wildman–Crippen MR) is 51.5 cm³/mol. The molecule has 0 aliphatic carbocycles. The molecule has 15 heavy (non-hydrogen) atoms. The van der Waals surface area contributed by atoms with E-state index in [9.17, 15) is 14.4 Å². The lowest BCUT2D eigenvalue weighted by Crippen LogP contribution is -2.19. The number of esters is 1. The van der Waals surface area contributed by atoms with Gasteiger partial charge in [-0.2, -0.15) is 0 Å². The minimum absolute atomic E-state index is 0.163. The zero-order valence-corrected chi connectivity index (χ0v) is 8.81. The smallest absolute Gasteiger partial charge is 0.315 e. The topological polar surface area (TPSA) is 93.0 Å². The maximum atomic E-state index is 11.1. The van der Waals surface area contributed by atoms with Crippen molar-refractivity contribution in [3.05, 3.63) is 0 Å². The third-order valence-corrected chi connectivity index (χ3v) is 1.82. The van der Waals surface area contributed by atoms with Crippen LogP contribution in [0, 0.1) is 5.92 Å². The Morgan fingerprint density at radius 1 is 1.40 bits per heavy atom. The average molecular weight is 215 g/mol. The van der Waals surface area contributed by atoms with Gasteiger partial charge in [-0.25, -0.2) is 4.99 Å². The van der Waals surface area contributed by atoms with Gasteiger partial charge in [-0.15, -0.1) is 0 Å². The van der Waals surface area contributed by atoms with Gasteiger partial charge >= 0.3 is 11.9 Å². The highest BCUT2D eigenvalue weighted by Crippen LogP contribution is 2.00. The highest BCUT2D eigenvalue weighted by molar-refractivity contribution is 6.07. The summed E-state index contributed by atoms with van der Waals surface area (Å²) < 4.78 is 4.27. The summed E-state index contributed by atoms with van der Waals surface area (Å²) in [6.07, 6.45) is -0.472. The summed E-state index contributed by atoms with van der Waals surface area (Å²) >= 11 is 0. The number of hydrogen-bond donors (Lipinski definition) is 1. The van der Waals surface area contributed by atoms with E-state index in [1.165, 1.54) is 13.8 Å². The van der Waals surface area contributed by atoms with Gasteiger partial charge in [0.25, 0.3) is 5.91 Å². The molecule has 0 aromatic carbocycles. The van der Waals surface area contributed by atoms with Gasteiger partial charge in [0.1, 0.15) is 6.42 Å². The van der Waals surface area contributed by atoms with Gasteiger partial charge in [0.2, 0.25) is 0 Å². The number of hydrogen-bond acceptors (Lipinski definition) is 4. The third-order valence-electron chi connectivity index (χ3n) is 1.82. The number of carbonyl (C=O) groups is 3. The third kappa shape index (κ3) is 4.90. The van der Waals surface area contributed by atoms with Gasteiger partial charge in [0.05, 0.1) is 13.0 Å². The van der Waals surface area contributed by atoms with Crippen molar-refractivity contribution in [2.75, 3.05) is 7.11 Å². The Bertz CT molecular complexity index is 308. The van der Waals surface area contributed by atoms with Crippen molar-refractivity contribution in [3.8, 4) is 0 Å². The molecule has 0 spiro atoms. The Hall–Kier alpha value is -1.72. The number of rotatable bonds is 4. The van der Waals surface area contributed by atoms with Crippen molar-refractivity contribution in [2.24, 2.45) is 10.9 Å². The molecule has 0 fully saturated rings. The number of carbonyl (C=O) groups excluding carboxylic acids is 2. The van der Waals surface area contributed by atoms with Crippen LogP contribution in [0.4, 0.5) is 0 Å². The van der Waals surface area contributed by atoms with E-state index in [4.69, 9.17) is 5.11 Å². The number of carboxylic acid groups (broad SMARTS) is 1. The maximum Gasteiger partial charge on any atom is 0.315 e. The molecule has 0 aromatic heterocycles. The standard InChI is InChI=1S/C9H13NO5/c1-5(9(13)14)6(2)10-7(11)4-8(12)15-3/h5H,4H2,1-3H3,(H,13,14).